The number of aliphatic imine (C=N–C) groups is 1. The zero-order chi connectivity index (χ0) is 21.6. The fraction of sp³-hybridized carbons (Fsp3) is 0.417. The zero-order valence-corrected chi connectivity index (χ0v) is 18.2. The lowest BCUT2D eigenvalue weighted by atomic mass is 10.1. The fourth-order valence-corrected chi connectivity index (χ4v) is 3.72. The first-order valence-electron chi connectivity index (χ1n) is 11.0. The van der Waals surface area contributed by atoms with Crippen molar-refractivity contribution in [1.29, 1.82) is 0 Å². The Balaban J connectivity index is 1.79. The number of hydrogen-bond acceptors (Lipinski definition) is 5. The summed E-state index contributed by atoms with van der Waals surface area (Å²) >= 11 is 0. The van der Waals surface area contributed by atoms with Crippen LogP contribution >= 0.6 is 0 Å². The van der Waals surface area contributed by atoms with E-state index < -0.39 is 0 Å². The Hall–Kier alpha value is -3.22. The van der Waals surface area contributed by atoms with Gasteiger partial charge in [-0.05, 0) is 50.7 Å². The highest BCUT2D eigenvalue weighted by molar-refractivity contribution is 6.01. The standard InChI is InChI=1S/C24H29N5O2/c1-3-31-22-17-28(20(16-25-2)11-7-8-18-12-13-18)27-23(24(22)30)21-14-15-26-29(21)19-9-5-4-6-10-19/h4-5,9,11,14-18H,3,6-8,10,12-13H2,1-2H3. The van der Waals surface area contributed by atoms with E-state index in [2.05, 4.69) is 22.2 Å². The Morgan fingerprint density at radius 1 is 1.39 bits per heavy atom. The summed E-state index contributed by atoms with van der Waals surface area (Å²) in [5.41, 5.74) is 2.60. The van der Waals surface area contributed by atoms with Crippen molar-refractivity contribution in [1.82, 2.24) is 19.6 Å². The fourth-order valence-electron chi connectivity index (χ4n) is 3.72. The minimum Gasteiger partial charge on any atom is -0.488 e. The maximum Gasteiger partial charge on any atom is 0.251 e. The lowest BCUT2D eigenvalue weighted by Gasteiger charge is -2.15. The highest BCUT2D eigenvalue weighted by Gasteiger charge is 2.21. The third-order valence-corrected chi connectivity index (χ3v) is 5.49. The van der Waals surface area contributed by atoms with Gasteiger partial charge in [-0.25, -0.2) is 9.36 Å². The van der Waals surface area contributed by atoms with Crippen LogP contribution in [0.5, 0.6) is 5.75 Å². The molecule has 1 fully saturated rings. The maximum absolute atomic E-state index is 13.2. The number of aromatic nitrogens is 4. The van der Waals surface area contributed by atoms with E-state index >= 15 is 0 Å². The molecule has 0 saturated heterocycles. The molecule has 0 bridgehead atoms. The third kappa shape index (κ3) is 4.93. The van der Waals surface area contributed by atoms with E-state index in [1.807, 2.05) is 25.1 Å². The largest absolute Gasteiger partial charge is 0.488 e. The molecule has 2 heterocycles. The molecule has 0 amide bonds. The normalized spacial score (nSPS) is 16.7. The van der Waals surface area contributed by atoms with E-state index in [0.29, 0.717) is 18.0 Å². The molecular formula is C24H29N5O2. The second-order valence-corrected chi connectivity index (χ2v) is 7.84. The van der Waals surface area contributed by atoms with Gasteiger partial charge in [0.15, 0.2) is 11.4 Å². The van der Waals surface area contributed by atoms with Crippen LogP contribution in [0.15, 0.2) is 52.6 Å². The van der Waals surface area contributed by atoms with Crippen LogP contribution in [0.1, 0.15) is 45.4 Å². The SMILES string of the molecule is CCOc1cn(C(C=NC)=CCCC2CC2)nc(-c2ccnn2C2=CC=CCC2)c1=O. The van der Waals surface area contributed by atoms with E-state index in [1.54, 1.807) is 35.0 Å². The zero-order valence-electron chi connectivity index (χ0n) is 18.2. The molecule has 31 heavy (non-hydrogen) atoms. The van der Waals surface area contributed by atoms with Crippen molar-refractivity contribution >= 4 is 17.6 Å². The van der Waals surface area contributed by atoms with Crippen molar-refractivity contribution in [3.63, 3.8) is 0 Å². The third-order valence-electron chi connectivity index (χ3n) is 5.49. The molecular weight excluding hydrogens is 390 g/mol. The molecule has 0 radical (unpaired) electrons. The number of nitrogens with zero attached hydrogens (tertiary/aromatic N) is 5. The van der Waals surface area contributed by atoms with Crippen LogP contribution in [0.25, 0.3) is 22.8 Å². The summed E-state index contributed by atoms with van der Waals surface area (Å²) in [6.45, 7) is 2.27. The van der Waals surface area contributed by atoms with E-state index in [4.69, 9.17) is 9.84 Å². The van der Waals surface area contributed by atoms with E-state index in [0.717, 1.165) is 36.6 Å². The average molecular weight is 420 g/mol. The summed E-state index contributed by atoms with van der Waals surface area (Å²) in [7, 11) is 1.74. The summed E-state index contributed by atoms with van der Waals surface area (Å²) < 4.78 is 9.19. The van der Waals surface area contributed by atoms with Gasteiger partial charge in [0.05, 0.1) is 30.4 Å². The van der Waals surface area contributed by atoms with Crippen LogP contribution in [0, 0.1) is 5.92 Å². The second kappa shape index (κ2) is 9.73. The lowest BCUT2D eigenvalue weighted by Crippen LogP contribution is -2.19. The molecule has 0 N–H and O–H groups in total. The highest BCUT2D eigenvalue weighted by atomic mass is 16.5. The van der Waals surface area contributed by atoms with Crippen LogP contribution in [0.4, 0.5) is 0 Å². The van der Waals surface area contributed by atoms with Crippen molar-refractivity contribution in [2.75, 3.05) is 13.7 Å². The van der Waals surface area contributed by atoms with Gasteiger partial charge < -0.3 is 4.74 Å². The first kappa shape index (κ1) is 21.0. The van der Waals surface area contributed by atoms with E-state index in [1.165, 1.54) is 19.3 Å². The number of ether oxygens (including phenoxy) is 1. The molecule has 4 rings (SSSR count). The topological polar surface area (TPSA) is 74.3 Å². The summed E-state index contributed by atoms with van der Waals surface area (Å²) in [5.74, 6) is 1.12. The highest BCUT2D eigenvalue weighted by Crippen LogP contribution is 2.33. The van der Waals surface area contributed by atoms with Crippen LogP contribution in [-0.4, -0.2) is 39.4 Å². The lowest BCUT2D eigenvalue weighted by molar-refractivity contribution is 0.334. The van der Waals surface area contributed by atoms with Crippen molar-refractivity contribution in [3.05, 3.63) is 53.0 Å². The molecule has 0 spiro atoms. The number of hydrogen-bond donors (Lipinski definition) is 0. The molecule has 2 aliphatic rings. The predicted molar refractivity (Wildman–Crippen MR) is 124 cm³/mol. The summed E-state index contributed by atoms with van der Waals surface area (Å²) in [6.07, 6.45) is 20.0. The van der Waals surface area contributed by atoms with Crippen LogP contribution in [-0.2, 0) is 0 Å². The van der Waals surface area contributed by atoms with Gasteiger partial charge in [-0.15, -0.1) is 0 Å². The molecule has 7 heteroatoms. The number of rotatable bonds is 9. The van der Waals surface area contributed by atoms with Gasteiger partial charge >= 0.3 is 0 Å². The Labute approximate surface area is 182 Å². The molecule has 0 unspecified atom stereocenters. The summed E-state index contributed by atoms with van der Waals surface area (Å²) in [6, 6.07) is 1.83. The van der Waals surface area contributed by atoms with Crippen molar-refractivity contribution in [3.8, 4) is 17.1 Å². The summed E-state index contributed by atoms with van der Waals surface area (Å²) in [4.78, 5) is 17.4. The first-order chi connectivity index (χ1) is 15.2. The van der Waals surface area contributed by atoms with E-state index in [9.17, 15) is 4.79 Å². The monoisotopic (exact) mass is 419 g/mol. The smallest absolute Gasteiger partial charge is 0.251 e. The minimum absolute atomic E-state index is 0.238. The number of allylic oxidation sites excluding steroid dienone is 6. The Kier molecular flexibility index (Phi) is 6.60. The molecule has 0 atom stereocenters. The average Bonchev–Trinajstić information content (AvgIpc) is 3.48. The van der Waals surface area contributed by atoms with Gasteiger partial charge in [0.1, 0.15) is 0 Å². The second-order valence-electron chi connectivity index (χ2n) is 7.84. The molecule has 7 nitrogen and oxygen atoms in total. The van der Waals surface area contributed by atoms with Crippen LogP contribution in [0.3, 0.4) is 0 Å². The molecule has 162 valence electrons. The molecule has 2 aliphatic carbocycles. The van der Waals surface area contributed by atoms with Crippen LogP contribution < -0.4 is 10.2 Å². The molecule has 2 aromatic heterocycles. The van der Waals surface area contributed by atoms with Gasteiger partial charge in [0.2, 0.25) is 0 Å². The summed E-state index contributed by atoms with van der Waals surface area (Å²) in [5, 5.41) is 9.17. The van der Waals surface area contributed by atoms with Gasteiger partial charge in [-0.2, -0.15) is 10.2 Å². The van der Waals surface area contributed by atoms with Crippen molar-refractivity contribution < 1.29 is 4.74 Å². The van der Waals surface area contributed by atoms with Gasteiger partial charge in [-0.1, -0.05) is 31.1 Å². The van der Waals surface area contributed by atoms with Gasteiger partial charge in [0, 0.05) is 19.0 Å². The quantitative estimate of drug-likeness (QED) is 0.564. The molecule has 0 aliphatic heterocycles. The molecule has 1 saturated carbocycles. The first-order valence-corrected chi connectivity index (χ1v) is 11.0. The van der Waals surface area contributed by atoms with Gasteiger partial charge in [0.25, 0.3) is 5.43 Å². The molecule has 2 aromatic rings. The van der Waals surface area contributed by atoms with E-state index in [-0.39, 0.29) is 11.2 Å². The predicted octanol–water partition coefficient (Wildman–Crippen LogP) is 4.43. The van der Waals surface area contributed by atoms with Gasteiger partial charge in [-0.3, -0.25) is 9.79 Å². The Bertz CT molecular complexity index is 1100. The van der Waals surface area contributed by atoms with Crippen LogP contribution in [0.2, 0.25) is 0 Å². The Morgan fingerprint density at radius 2 is 2.26 bits per heavy atom. The maximum atomic E-state index is 13.2. The van der Waals surface area contributed by atoms with Crippen molar-refractivity contribution in [2.24, 2.45) is 10.9 Å². The Morgan fingerprint density at radius 3 is 2.97 bits per heavy atom. The minimum atomic E-state index is -0.238. The molecule has 0 aromatic carbocycles. The van der Waals surface area contributed by atoms with Crippen molar-refractivity contribution in [2.45, 2.75) is 45.4 Å².